The molecule has 0 bridgehead atoms. The van der Waals surface area contributed by atoms with Crippen molar-refractivity contribution in [1.82, 2.24) is 0 Å². The summed E-state index contributed by atoms with van der Waals surface area (Å²) in [6, 6.07) is 0. The van der Waals surface area contributed by atoms with Crippen LogP contribution in [-0.4, -0.2) is 11.8 Å². The second-order valence-electron chi connectivity index (χ2n) is 0.192. The molecular formula is CH4F2O2P+. The van der Waals surface area contributed by atoms with E-state index in [1.165, 1.54) is 0 Å². The van der Waals surface area contributed by atoms with Crippen LogP contribution in [0.5, 0.6) is 0 Å². The lowest BCUT2D eigenvalue weighted by Gasteiger charge is -1.42. The van der Waals surface area contributed by atoms with Crippen molar-refractivity contribution in [1.29, 1.82) is 0 Å². The van der Waals surface area contributed by atoms with Gasteiger partial charge in [0.2, 0.25) is 6.93 Å². The summed E-state index contributed by atoms with van der Waals surface area (Å²) in [5.41, 5.74) is 0. The van der Waals surface area contributed by atoms with Gasteiger partial charge in [0.25, 0.3) is 0 Å². The summed E-state index contributed by atoms with van der Waals surface area (Å²) >= 11 is 0. The summed E-state index contributed by atoms with van der Waals surface area (Å²) in [4.78, 5) is 7.04. The summed E-state index contributed by atoms with van der Waals surface area (Å²) in [7, 11) is -1.17. The lowest BCUT2D eigenvalue weighted by molar-refractivity contribution is 0.295. The lowest BCUT2D eigenvalue weighted by Crippen LogP contribution is -1.34. The molecule has 0 aromatic carbocycles. The molecule has 0 aliphatic carbocycles. The van der Waals surface area contributed by atoms with Gasteiger partial charge in [0.15, 0.2) is 0 Å². The van der Waals surface area contributed by atoms with Gasteiger partial charge in [-0.1, -0.05) is 0 Å². The van der Waals surface area contributed by atoms with Gasteiger partial charge in [-0.2, -0.15) is 4.89 Å². The van der Waals surface area contributed by atoms with E-state index in [0.717, 1.165) is 0 Å². The molecule has 0 fully saturated rings. The van der Waals surface area contributed by atoms with Crippen LogP contribution in [-0.2, 0) is 4.57 Å². The maximum atomic E-state index is 9.62. The highest BCUT2D eigenvalue weighted by atomic mass is 31.1. The molecule has 1 N–H and O–H groups in total. The largest absolute Gasteiger partial charge is 0.491 e. The van der Waals surface area contributed by atoms with Crippen LogP contribution in [0.3, 0.4) is 0 Å². The Hall–Kier alpha value is -0.0800. The third kappa shape index (κ3) is 5220. The van der Waals surface area contributed by atoms with Crippen molar-refractivity contribution >= 4 is 8.69 Å². The van der Waals surface area contributed by atoms with Crippen LogP contribution >= 0.6 is 8.69 Å². The highest BCUT2D eigenvalue weighted by molar-refractivity contribution is 7.16. The fourth-order valence-corrected chi connectivity index (χ4v) is 0. The minimum Gasteiger partial charge on any atom is -0.214 e. The maximum absolute atomic E-state index is 9.62. The van der Waals surface area contributed by atoms with Gasteiger partial charge in [0, 0.05) is 0 Å². The average molecular weight is 117 g/mol. The fourth-order valence-electron chi connectivity index (χ4n) is 0. The Labute approximate surface area is 35.1 Å². The predicted molar refractivity (Wildman–Crippen MR) is 18.3 cm³/mol. The SMILES string of the molecule is FCF.O=[PH+]O. The second-order valence-corrected chi connectivity index (χ2v) is 0.375. The third-order valence-electron chi connectivity index (χ3n) is 0. The number of halogens is 2. The Morgan fingerprint density at radius 3 is 1.67 bits per heavy atom. The van der Waals surface area contributed by atoms with Crippen LogP contribution in [0, 0.1) is 0 Å². The van der Waals surface area contributed by atoms with E-state index in [2.05, 4.69) is 0 Å². The third-order valence-corrected chi connectivity index (χ3v) is 0. The van der Waals surface area contributed by atoms with Gasteiger partial charge in [-0.05, 0) is 4.57 Å². The molecule has 0 amide bonds. The molecule has 0 aliphatic heterocycles. The topological polar surface area (TPSA) is 37.3 Å². The van der Waals surface area contributed by atoms with Gasteiger partial charge in [-0.25, -0.2) is 8.78 Å². The van der Waals surface area contributed by atoms with E-state index in [0.29, 0.717) is 0 Å². The van der Waals surface area contributed by atoms with Crippen LogP contribution in [0.2, 0.25) is 0 Å². The van der Waals surface area contributed by atoms with Gasteiger partial charge in [-0.3, -0.25) is 0 Å². The Balaban J connectivity index is 0. The summed E-state index contributed by atoms with van der Waals surface area (Å²) in [5.74, 6) is 0. The van der Waals surface area contributed by atoms with Crippen LogP contribution in [0.4, 0.5) is 8.78 Å². The van der Waals surface area contributed by atoms with E-state index in [1.54, 1.807) is 0 Å². The Morgan fingerprint density at radius 2 is 1.67 bits per heavy atom. The molecule has 0 radical (unpaired) electrons. The molecule has 0 rings (SSSR count). The van der Waals surface area contributed by atoms with Gasteiger partial charge < -0.3 is 0 Å². The summed E-state index contributed by atoms with van der Waals surface area (Å²) in [6.45, 7) is -1.75. The Bertz CT molecular complexity index is 25.5. The van der Waals surface area contributed by atoms with Crippen LogP contribution in [0.1, 0.15) is 0 Å². The van der Waals surface area contributed by atoms with E-state index < -0.39 is 15.6 Å². The van der Waals surface area contributed by atoms with E-state index in [1.807, 2.05) is 0 Å². The minimum absolute atomic E-state index is 1.17. The molecule has 0 saturated heterocycles. The first-order valence-electron chi connectivity index (χ1n) is 0.962. The maximum Gasteiger partial charge on any atom is 0.491 e. The van der Waals surface area contributed by atoms with Crippen LogP contribution < -0.4 is 0 Å². The molecule has 0 saturated carbocycles. The molecule has 0 heterocycles. The Kier molecular flexibility index (Phi) is 31.9. The molecule has 0 spiro atoms. The first-order valence-corrected chi connectivity index (χ1v) is 1.82. The summed E-state index contributed by atoms with van der Waals surface area (Å²) < 4.78 is 27.8. The normalized spacial score (nSPS) is 6.50. The van der Waals surface area contributed by atoms with Gasteiger partial charge >= 0.3 is 8.69 Å². The second kappa shape index (κ2) is 20.5. The molecular weight excluding hydrogens is 113 g/mol. The standard InChI is InChI=1S/CH2F2.HO2P/c2-1-3;1-3-2/h1H2;3H/p+1. The van der Waals surface area contributed by atoms with Crippen molar-refractivity contribution in [3.05, 3.63) is 0 Å². The molecule has 6 heavy (non-hydrogen) atoms. The Morgan fingerprint density at radius 1 is 1.67 bits per heavy atom. The van der Waals surface area contributed by atoms with Crippen molar-refractivity contribution in [2.75, 3.05) is 6.93 Å². The van der Waals surface area contributed by atoms with E-state index in [-0.39, 0.29) is 0 Å². The smallest absolute Gasteiger partial charge is 0.214 e. The summed E-state index contributed by atoms with van der Waals surface area (Å²) in [5, 5.41) is 0. The van der Waals surface area contributed by atoms with E-state index in [4.69, 9.17) is 9.46 Å². The molecule has 38 valence electrons. The zero-order valence-electron chi connectivity index (χ0n) is 2.82. The van der Waals surface area contributed by atoms with Crippen LogP contribution in [0.15, 0.2) is 0 Å². The van der Waals surface area contributed by atoms with Gasteiger partial charge in [0.05, 0.1) is 0 Å². The molecule has 0 aromatic heterocycles. The van der Waals surface area contributed by atoms with Crippen molar-refractivity contribution in [2.45, 2.75) is 0 Å². The molecule has 0 aromatic rings. The molecule has 2 nitrogen and oxygen atoms in total. The zero-order valence-corrected chi connectivity index (χ0v) is 3.82. The molecule has 1 unspecified atom stereocenters. The van der Waals surface area contributed by atoms with Crippen molar-refractivity contribution in [3.8, 4) is 0 Å². The van der Waals surface area contributed by atoms with Gasteiger partial charge in [-0.15, -0.1) is 0 Å². The van der Waals surface area contributed by atoms with Crippen LogP contribution in [0.25, 0.3) is 0 Å². The van der Waals surface area contributed by atoms with Crippen molar-refractivity contribution < 1.29 is 18.2 Å². The molecule has 5 heteroatoms. The predicted octanol–water partition coefficient (Wildman–Crippen LogP) is 0.801. The number of hydrogen-bond acceptors (Lipinski definition) is 1. The average Bonchev–Trinajstić information content (AvgIpc) is 1.39. The first kappa shape index (κ1) is 9.33. The fraction of sp³-hybridized carbons (Fsp3) is 1.00. The van der Waals surface area contributed by atoms with Gasteiger partial charge in [0.1, 0.15) is 0 Å². The highest BCUT2D eigenvalue weighted by Gasteiger charge is 1.45. The monoisotopic (exact) mass is 117 g/mol. The first-order chi connectivity index (χ1) is 2.83. The lowest BCUT2D eigenvalue weighted by atomic mass is 11.7. The number of hydrogen-bond donors (Lipinski definition) is 1. The molecule has 0 aliphatic rings. The minimum atomic E-state index is -1.75. The van der Waals surface area contributed by atoms with E-state index in [9.17, 15) is 8.78 Å². The number of rotatable bonds is 0. The summed E-state index contributed by atoms with van der Waals surface area (Å²) in [6.07, 6.45) is 0. The zero-order chi connectivity index (χ0) is 5.41. The van der Waals surface area contributed by atoms with E-state index >= 15 is 0 Å². The quantitative estimate of drug-likeness (QED) is 0.476. The number of alkyl halides is 2. The van der Waals surface area contributed by atoms with Crippen molar-refractivity contribution in [3.63, 3.8) is 0 Å². The van der Waals surface area contributed by atoms with Crippen molar-refractivity contribution in [2.24, 2.45) is 0 Å². The highest BCUT2D eigenvalue weighted by Crippen LogP contribution is 1.66. The molecule has 1 atom stereocenters.